The summed E-state index contributed by atoms with van der Waals surface area (Å²) in [5.74, 6) is 1.77. The molecule has 0 aliphatic carbocycles. The van der Waals surface area contributed by atoms with Crippen LogP contribution in [0, 0.1) is 5.92 Å². The second kappa shape index (κ2) is 11.3. The molecular weight excluding hydrogens is 354 g/mol. The highest BCUT2D eigenvalue weighted by Gasteiger charge is 2.07. The Kier molecular flexibility index (Phi) is 8.72. The zero-order valence-electron chi connectivity index (χ0n) is 16.7. The van der Waals surface area contributed by atoms with Crippen LogP contribution in [-0.2, 0) is 0 Å². The number of rotatable bonds is 11. The van der Waals surface area contributed by atoms with Crippen LogP contribution in [0.5, 0.6) is 11.5 Å². The Morgan fingerprint density at radius 3 is 2.57 bits per heavy atom. The van der Waals surface area contributed by atoms with E-state index in [4.69, 9.17) is 9.47 Å². The Balaban J connectivity index is 1.87. The molecule has 1 unspecified atom stereocenters. The second-order valence-electron chi connectivity index (χ2n) is 6.95. The van der Waals surface area contributed by atoms with Gasteiger partial charge in [-0.2, -0.15) is 0 Å². The summed E-state index contributed by atoms with van der Waals surface area (Å²) >= 11 is 0. The summed E-state index contributed by atoms with van der Waals surface area (Å²) in [5.41, 5.74) is 1.48. The van der Waals surface area contributed by atoms with Gasteiger partial charge in [-0.1, -0.05) is 44.2 Å². The lowest BCUT2D eigenvalue weighted by molar-refractivity contribution is 0.103. The maximum atomic E-state index is 12.4. The molecule has 0 amide bonds. The molecule has 1 atom stereocenters. The normalized spacial score (nSPS) is 12.3. The molecule has 5 heteroatoms. The number of aliphatic hydroxyl groups excluding tert-OH is 1. The van der Waals surface area contributed by atoms with Crippen LogP contribution in [0.4, 0.5) is 0 Å². The molecule has 2 aromatic carbocycles. The van der Waals surface area contributed by atoms with Gasteiger partial charge in [-0.3, -0.25) is 10.1 Å². The minimum atomic E-state index is -0.598. The third kappa shape index (κ3) is 7.55. The molecule has 0 saturated heterocycles. The van der Waals surface area contributed by atoms with Crippen molar-refractivity contribution in [3.8, 4) is 11.5 Å². The van der Waals surface area contributed by atoms with Crippen LogP contribution in [-0.4, -0.2) is 37.4 Å². The number of nitrogens with one attached hydrogen (secondary N) is 1. The van der Waals surface area contributed by atoms with E-state index in [0.29, 0.717) is 30.3 Å². The van der Waals surface area contributed by atoms with Gasteiger partial charge < -0.3 is 14.6 Å². The number of hydrogen-bond acceptors (Lipinski definition) is 5. The predicted molar refractivity (Wildman–Crippen MR) is 112 cm³/mol. The van der Waals surface area contributed by atoms with E-state index >= 15 is 0 Å². The van der Waals surface area contributed by atoms with Gasteiger partial charge in [-0.15, -0.1) is 0 Å². The van der Waals surface area contributed by atoms with E-state index in [0.717, 1.165) is 17.9 Å². The maximum absolute atomic E-state index is 12.4. The zero-order chi connectivity index (χ0) is 20.4. The summed E-state index contributed by atoms with van der Waals surface area (Å²) in [4.78, 5) is 12.4. The lowest BCUT2D eigenvalue weighted by atomic mass is 10.1. The van der Waals surface area contributed by atoms with Gasteiger partial charge in [0.25, 0.3) is 0 Å². The first kappa shape index (κ1) is 21.7. The Hall–Kier alpha value is -2.63. The molecule has 0 aromatic heterocycles. The molecule has 0 bridgehead atoms. The second-order valence-corrected chi connectivity index (χ2v) is 6.95. The maximum Gasteiger partial charge on any atom is 0.185 e. The van der Waals surface area contributed by atoms with Crippen molar-refractivity contribution in [1.29, 1.82) is 0 Å². The molecule has 150 valence electrons. The minimum Gasteiger partial charge on any atom is -0.497 e. The molecule has 2 rings (SSSR count). The number of hydrogen-bond donors (Lipinski definition) is 2. The van der Waals surface area contributed by atoms with Crippen LogP contribution in [0.15, 0.2) is 54.6 Å². The number of benzene rings is 2. The Morgan fingerprint density at radius 2 is 1.89 bits per heavy atom. The molecule has 0 aliphatic rings. The highest BCUT2D eigenvalue weighted by Crippen LogP contribution is 2.16. The minimum absolute atomic E-state index is 0.0973. The van der Waals surface area contributed by atoms with E-state index in [2.05, 4.69) is 19.2 Å². The molecule has 0 saturated carbocycles. The Bertz CT molecular complexity index is 768. The fourth-order valence-electron chi connectivity index (χ4n) is 2.48. The fourth-order valence-corrected chi connectivity index (χ4v) is 2.48. The predicted octanol–water partition coefficient (Wildman–Crippen LogP) is 3.92. The first-order chi connectivity index (χ1) is 13.5. The average Bonchev–Trinajstić information content (AvgIpc) is 2.71. The third-order valence-corrected chi connectivity index (χ3v) is 4.08. The molecule has 5 nitrogen and oxygen atoms in total. The van der Waals surface area contributed by atoms with Crippen LogP contribution in [0.3, 0.4) is 0 Å². The number of carbonyl (C=O) groups is 1. The van der Waals surface area contributed by atoms with Gasteiger partial charge in [0.2, 0.25) is 0 Å². The highest BCUT2D eigenvalue weighted by molar-refractivity contribution is 6.07. The van der Waals surface area contributed by atoms with Crippen LogP contribution in [0.25, 0.3) is 6.08 Å². The highest BCUT2D eigenvalue weighted by atomic mass is 16.5. The summed E-state index contributed by atoms with van der Waals surface area (Å²) < 4.78 is 10.8. The number of aliphatic hydroxyl groups is 1. The van der Waals surface area contributed by atoms with E-state index in [9.17, 15) is 9.90 Å². The summed E-state index contributed by atoms with van der Waals surface area (Å²) in [6.07, 6.45) is 3.19. The summed E-state index contributed by atoms with van der Waals surface area (Å²) in [6.45, 7) is 5.29. The standard InChI is InChI=1S/C23H29NO4/c1-17(2)16-24-23(26)13-14-28-21-6-4-5-19(15-21)22(25)12-9-18-7-10-20(27-3)11-8-18/h4-12,15,17,23-24,26H,13-14,16H2,1-3H3/b12-9+. The van der Waals surface area contributed by atoms with Gasteiger partial charge >= 0.3 is 0 Å². The molecule has 28 heavy (non-hydrogen) atoms. The number of allylic oxidation sites excluding steroid dienone is 1. The Labute approximate surface area is 167 Å². The number of carbonyl (C=O) groups excluding carboxylic acids is 1. The molecule has 0 aliphatic heterocycles. The number of ketones is 1. The SMILES string of the molecule is COc1ccc(/C=C/C(=O)c2cccc(OCCC(O)NCC(C)C)c2)cc1. The van der Waals surface area contributed by atoms with Crippen LogP contribution < -0.4 is 14.8 Å². The van der Waals surface area contributed by atoms with E-state index in [-0.39, 0.29) is 5.78 Å². The summed E-state index contributed by atoms with van der Waals surface area (Å²) in [5, 5.41) is 12.9. The number of methoxy groups -OCH3 is 1. The lowest BCUT2D eigenvalue weighted by Gasteiger charge is -2.15. The van der Waals surface area contributed by atoms with Crippen LogP contribution >= 0.6 is 0 Å². The zero-order valence-corrected chi connectivity index (χ0v) is 16.7. The monoisotopic (exact) mass is 383 g/mol. The van der Waals surface area contributed by atoms with Gasteiger partial charge in [-0.05, 0) is 48.4 Å². The topological polar surface area (TPSA) is 67.8 Å². The van der Waals surface area contributed by atoms with Gasteiger partial charge in [0, 0.05) is 12.0 Å². The van der Waals surface area contributed by atoms with Gasteiger partial charge in [-0.25, -0.2) is 0 Å². The molecule has 2 aromatic rings. The first-order valence-electron chi connectivity index (χ1n) is 9.48. The largest absolute Gasteiger partial charge is 0.497 e. The first-order valence-corrected chi connectivity index (χ1v) is 9.48. The van der Waals surface area contributed by atoms with Crippen LogP contribution in [0.1, 0.15) is 36.2 Å². The summed E-state index contributed by atoms with van der Waals surface area (Å²) in [6, 6.07) is 14.5. The molecular formula is C23H29NO4. The van der Waals surface area contributed by atoms with Crippen molar-refractivity contribution in [2.24, 2.45) is 5.92 Å². The molecule has 0 radical (unpaired) electrons. The van der Waals surface area contributed by atoms with Gasteiger partial charge in [0.05, 0.1) is 13.7 Å². The van der Waals surface area contributed by atoms with Gasteiger partial charge in [0.15, 0.2) is 5.78 Å². The van der Waals surface area contributed by atoms with Crippen molar-refractivity contribution in [2.45, 2.75) is 26.5 Å². The third-order valence-electron chi connectivity index (χ3n) is 4.08. The van der Waals surface area contributed by atoms with Gasteiger partial charge in [0.1, 0.15) is 17.7 Å². The molecule has 2 N–H and O–H groups in total. The molecule has 0 fully saturated rings. The smallest absolute Gasteiger partial charge is 0.185 e. The van der Waals surface area contributed by atoms with Crippen molar-refractivity contribution in [3.05, 3.63) is 65.7 Å². The van der Waals surface area contributed by atoms with E-state index in [1.165, 1.54) is 0 Å². The fraction of sp³-hybridized carbons (Fsp3) is 0.348. The van der Waals surface area contributed by atoms with Crippen LogP contribution in [0.2, 0.25) is 0 Å². The van der Waals surface area contributed by atoms with E-state index in [1.54, 1.807) is 43.5 Å². The quantitative estimate of drug-likeness (QED) is 0.350. The van der Waals surface area contributed by atoms with Crippen molar-refractivity contribution in [2.75, 3.05) is 20.3 Å². The number of ether oxygens (including phenoxy) is 2. The summed E-state index contributed by atoms with van der Waals surface area (Å²) in [7, 11) is 1.62. The van der Waals surface area contributed by atoms with Crippen molar-refractivity contribution in [3.63, 3.8) is 0 Å². The lowest BCUT2D eigenvalue weighted by Crippen LogP contribution is -2.33. The Morgan fingerprint density at radius 1 is 1.14 bits per heavy atom. The van der Waals surface area contributed by atoms with Crippen molar-refractivity contribution < 1.29 is 19.4 Å². The van der Waals surface area contributed by atoms with E-state index in [1.807, 2.05) is 24.3 Å². The molecule has 0 heterocycles. The van der Waals surface area contributed by atoms with Crippen molar-refractivity contribution in [1.82, 2.24) is 5.32 Å². The van der Waals surface area contributed by atoms with Crippen molar-refractivity contribution >= 4 is 11.9 Å². The molecule has 0 spiro atoms. The average molecular weight is 383 g/mol. The van der Waals surface area contributed by atoms with E-state index < -0.39 is 6.23 Å².